The van der Waals surface area contributed by atoms with Gasteiger partial charge in [-0.3, -0.25) is 19.1 Å². The van der Waals surface area contributed by atoms with E-state index in [1.165, 1.54) is 9.08 Å². The molecule has 2 aromatic carbocycles. The van der Waals surface area contributed by atoms with Gasteiger partial charge >= 0.3 is 0 Å². The fourth-order valence-corrected chi connectivity index (χ4v) is 6.28. The topological polar surface area (TPSA) is 144 Å². The summed E-state index contributed by atoms with van der Waals surface area (Å²) >= 11 is 0. The van der Waals surface area contributed by atoms with E-state index in [1.54, 1.807) is 43.6 Å². The quantitative estimate of drug-likeness (QED) is 0.278. The maximum Gasteiger partial charge on any atom is 0.267 e. The number of carbonyl (C=O) groups is 1. The Morgan fingerprint density at radius 2 is 1.93 bits per heavy atom. The van der Waals surface area contributed by atoms with Crippen molar-refractivity contribution in [1.82, 2.24) is 34.4 Å². The number of aromatic nitrogens is 5. The number of amides is 1. The maximum absolute atomic E-state index is 14.3. The van der Waals surface area contributed by atoms with E-state index in [0.717, 1.165) is 25.9 Å². The van der Waals surface area contributed by atoms with Gasteiger partial charge in [0, 0.05) is 30.4 Å². The number of nitrogen functional groups attached to an aromatic ring is 1. The average Bonchev–Trinajstić information content (AvgIpc) is 3.36. The molecule has 3 aliphatic heterocycles. The monoisotopic (exact) mass is 574 g/mol. The van der Waals surface area contributed by atoms with Gasteiger partial charge in [0.15, 0.2) is 11.5 Å². The van der Waals surface area contributed by atoms with Crippen molar-refractivity contribution in [2.45, 2.75) is 31.4 Å². The van der Waals surface area contributed by atoms with Crippen LogP contribution in [0.25, 0.3) is 22.2 Å². The number of benzene rings is 2. The predicted octanol–water partition coefficient (Wildman–Crippen LogP) is 2.31. The van der Waals surface area contributed by atoms with Crippen molar-refractivity contribution in [3.63, 3.8) is 0 Å². The Hall–Kier alpha value is -5.05. The molecule has 3 fully saturated rings. The normalized spacial score (nSPS) is 21.8. The molecular formula is C32H30N8O3. The molecule has 0 radical (unpaired) electrons. The summed E-state index contributed by atoms with van der Waals surface area (Å²) in [6.07, 6.45) is 5.04. The molecule has 8 rings (SSSR count). The molecule has 0 spiro atoms. The lowest BCUT2D eigenvalue weighted by atomic mass is 9.75. The van der Waals surface area contributed by atoms with E-state index in [1.807, 2.05) is 30.3 Å². The Balaban J connectivity index is 1.32. The summed E-state index contributed by atoms with van der Waals surface area (Å²) in [5, 5.41) is 18.9. The van der Waals surface area contributed by atoms with Crippen molar-refractivity contribution in [2.75, 3.05) is 25.4 Å². The lowest BCUT2D eigenvalue weighted by Gasteiger charge is -2.47. The summed E-state index contributed by atoms with van der Waals surface area (Å²) in [6.45, 7) is 4.22. The third-order valence-corrected chi connectivity index (χ3v) is 8.46. The molecule has 6 heterocycles. The lowest BCUT2D eigenvalue weighted by Crippen LogP contribution is -2.58. The van der Waals surface area contributed by atoms with E-state index in [9.17, 15) is 14.7 Å². The highest BCUT2D eigenvalue weighted by Gasteiger charge is 2.44. The van der Waals surface area contributed by atoms with Gasteiger partial charge in [-0.1, -0.05) is 36.1 Å². The minimum absolute atomic E-state index is 0.0446. The van der Waals surface area contributed by atoms with Crippen LogP contribution in [-0.4, -0.2) is 65.3 Å². The molecule has 1 unspecified atom stereocenters. The average molecular weight is 575 g/mol. The molecule has 11 heteroatoms. The van der Waals surface area contributed by atoms with Crippen LogP contribution in [0, 0.1) is 17.8 Å². The predicted molar refractivity (Wildman–Crippen MR) is 162 cm³/mol. The lowest BCUT2D eigenvalue weighted by molar-refractivity contribution is -0.0713. The van der Waals surface area contributed by atoms with Crippen LogP contribution >= 0.6 is 0 Å². The van der Waals surface area contributed by atoms with Crippen molar-refractivity contribution in [3.8, 4) is 17.5 Å². The Bertz CT molecular complexity index is 2000. The number of aliphatic hydroxyl groups is 1. The van der Waals surface area contributed by atoms with Crippen LogP contribution in [0.15, 0.2) is 71.8 Å². The highest BCUT2D eigenvalue weighted by molar-refractivity contribution is 6.04. The summed E-state index contributed by atoms with van der Waals surface area (Å²) in [5.41, 5.74) is 6.64. The van der Waals surface area contributed by atoms with Gasteiger partial charge in [0.25, 0.3) is 11.5 Å². The zero-order chi connectivity index (χ0) is 29.7. The number of anilines is 1. The minimum Gasteiger partial charge on any atom is -0.381 e. The highest BCUT2D eigenvalue weighted by Crippen LogP contribution is 2.35. The number of hydrogen-bond acceptors (Lipinski definition) is 8. The molecule has 4 N–H and O–H groups in total. The van der Waals surface area contributed by atoms with Crippen LogP contribution in [0.4, 0.5) is 5.82 Å². The minimum atomic E-state index is -1.11. The van der Waals surface area contributed by atoms with Gasteiger partial charge in [-0.2, -0.15) is 0 Å². The number of carbonyl (C=O) groups excluding carboxylic acids is 1. The van der Waals surface area contributed by atoms with Crippen molar-refractivity contribution in [3.05, 3.63) is 94.3 Å². The highest BCUT2D eigenvalue weighted by atomic mass is 16.3. The van der Waals surface area contributed by atoms with Crippen molar-refractivity contribution < 1.29 is 9.90 Å². The Morgan fingerprint density at radius 1 is 1.14 bits per heavy atom. The van der Waals surface area contributed by atoms with Crippen LogP contribution in [0.5, 0.6) is 0 Å². The molecule has 2 bridgehead atoms. The fraction of sp³-hybridized carbons (Fsp3) is 0.281. The van der Waals surface area contributed by atoms with Gasteiger partial charge in [0.05, 0.1) is 22.6 Å². The number of nitrogens with one attached hydrogen (secondary N) is 1. The number of piperidine rings is 3. The summed E-state index contributed by atoms with van der Waals surface area (Å²) < 4.78 is 2.94. The smallest absolute Gasteiger partial charge is 0.267 e. The Morgan fingerprint density at radius 3 is 2.67 bits per heavy atom. The number of hydrogen-bond donors (Lipinski definition) is 3. The van der Waals surface area contributed by atoms with Crippen LogP contribution < -0.4 is 16.6 Å². The second-order valence-corrected chi connectivity index (χ2v) is 11.2. The number of fused-ring (bicyclic) bond motifs is 5. The third-order valence-electron chi connectivity index (χ3n) is 8.46. The van der Waals surface area contributed by atoms with Crippen molar-refractivity contribution >= 4 is 28.3 Å². The van der Waals surface area contributed by atoms with Crippen LogP contribution in [0.3, 0.4) is 0 Å². The SMILES string of the molecule is C[C@H](NC(=O)c1c(N)nn2cccnc12)c1nc2cccc(C#CC3(O)CN4CCC3CC4)c2c(=O)n1-c1ccccc1. The van der Waals surface area contributed by atoms with Gasteiger partial charge in [0.1, 0.15) is 17.0 Å². The van der Waals surface area contributed by atoms with E-state index >= 15 is 0 Å². The van der Waals surface area contributed by atoms with E-state index < -0.39 is 17.6 Å². The number of rotatable bonds is 4. The molecule has 3 aromatic heterocycles. The Labute approximate surface area is 247 Å². The van der Waals surface area contributed by atoms with Gasteiger partial charge < -0.3 is 16.2 Å². The standard InChI is InChI=1S/C32H30N8O3/c1-20(35-30(41)26-27(33)37-39-16-6-15-34-29(26)39)28-36-24-10-5-7-21(11-14-32(43)19-38-17-12-22(32)13-18-38)25(24)31(42)40(28)23-8-3-2-4-9-23/h2-10,15-16,20,22,43H,12-13,17-19H2,1H3,(H2,33,37)(H,35,41)/t20-,32?/m0/s1. The zero-order valence-corrected chi connectivity index (χ0v) is 23.6. The summed E-state index contributed by atoms with van der Waals surface area (Å²) in [4.78, 5) is 39.1. The van der Waals surface area contributed by atoms with Gasteiger partial charge in [0.2, 0.25) is 0 Å². The first-order valence-corrected chi connectivity index (χ1v) is 14.3. The van der Waals surface area contributed by atoms with Gasteiger partial charge in [-0.25, -0.2) is 14.5 Å². The first-order chi connectivity index (χ1) is 20.8. The molecule has 5 aromatic rings. The molecule has 11 nitrogen and oxygen atoms in total. The second kappa shape index (κ2) is 10.3. The van der Waals surface area contributed by atoms with E-state index in [-0.39, 0.29) is 22.9 Å². The largest absolute Gasteiger partial charge is 0.381 e. The third kappa shape index (κ3) is 4.61. The van der Waals surface area contributed by atoms with E-state index in [4.69, 9.17) is 10.7 Å². The molecule has 3 aliphatic rings. The van der Waals surface area contributed by atoms with Crippen LogP contribution in [0.1, 0.15) is 47.6 Å². The van der Waals surface area contributed by atoms with Crippen LogP contribution in [0.2, 0.25) is 0 Å². The number of para-hydroxylation sites is 1. The summed E-state index contributed by atoms with van der Waals surface area (Å²) in [7, 11) is 0. The van der Waals surface area contributed by atoms with Crippen molar-refractivity contribution in [1.29, 1.82) is 0 Å². The molecule has 216 valence electrons. The maximum atomic E-state index is 14.3. The molecule has 2 atom stereocenters. The second-order valence-electron chi connectivity index (χ2n) is 11.2. The molecular weight excluding hydrogens is 544 g/mol. The first-order valence-electron chi connectivity index (χ1n) is 14.3. The molecule has 0 saturated carbocycles. The fourth-order valence-electron chi connectivity index (χ4n) is 6.28. The molecule has 0 aliphatic carbocycles. The molecule has 1 amide bonds. The van der Waals surface area contributed by atoms with Gasteiger partial charge in [-0.05, 0) is 63.2 Å². The number of nitrogens with two attached hydrogens (primary N) is 1. The van der Waals surface area contributed by atoms with E-state index in [2.05, 4.69) is 32.1 Å². The summed E-state index contributed by atoms with van der Waals surface area (Å²) in [6, 6.07) is 15.5. The first kappa shape index (κ1) is 26.8. The number of nitrogens with zero attached hydrogens (tertiary/aromatic N) is 6. The zero-order valence-electron chi connectivity index (χ0n) is 23.6. The van der Waals surface area contributed by atoms with Gasteiger partial charge in [-0.15, -0.1) is 5.10 Å². The molecule has 3 saturated heterocycles. The van der Waals surface area contributed by atoms with E-state index in [0.29, 0.717) is 40.2 Å². The van der Waals surface area contributed by atoms with Crippen molar-refractivity contribution in [2.24, 2.45) is 5.92 Å². The van der Waals surface area contributed by atoms with Crippen LogP contribution in [-0.2, 0) is 0 Å². The molecule has 43 heavy (non-hydrogen) atoms. The Kier molecular flexibility index (Phi) is 6.45. The summed E-state index contributed by atoms with van der Waals surface area (Å²) in [5.74, 6) is 6.28.